The Kier molecular flexibility index (Phi) is 5.53. The van der Waals surface area contributed by atoms with E-state index < -0.39 is 5.60 Å². The summed E-state index contributed by atoms with van der Waals surface area (Å²) in [6.07, 6.45) is 7.86. The molecule has 2 N–H and O–H groups in total. The van der Waals surface area contributed by atoms with Crippen molar-refractivity contribution in [1.82, 2.24) is 4.90 Å². The molecular formula is C17H32N2O2. The zero-order valence-corrected chi connectivity index (χ0v) is 13.9. The van der Waals surface area contributed by atoms with Gasteiger partial charge in [0.15, 0.2) is 0 Å². The monoisotopic (exact) mass is 296 g/mol. The Balaban J connectivity index is 1.97. The van der Waals surface area contributed by atoms with Gasteiger partial charge in [-0.25, -0.2) is 4.79 Å². The fourth-order valence-corrected chi connectivity index (χ4v) is 3.89. The van der Waals surface area contributed by atoms with Crippen LogP contribution in [0, 0.1) is 17.8 Å². The van der Waals surface area contributed by atoms with Gasteiger partial charge < -0.3 is 15.4 Å². The lowest BCUT2D eigenvalue weighted by atomic mass is 9.80. The quantitative estimate of drug-likeness (QED) is 0.795. The molecule has 2 atom stereocenters. The summed E-state index contributed by atoms with van der Waals surface area (Å²) in [6, 6.07) is 0. The first kappa shape index (κ1) is 16.6. The molecule has 1 heterocycles. The van der Waals surface area contributed by atoms with E-state index in [0.717, 1.165) is 19.0 Å². The molecule has 122 valence electrons. The summed E-state index contributed by atoms with van der Waals surface area (Å²) in [7, 11) is 0. The largest absolute Gasteiger partial charge is 0.444 e. The van der Waals surface area contributed by atoms with Crippen LogP contribution in [0.3, 0.4) is 0 Å². The number of ether oxygens (including phenoxy) is 1. The molecule has 4 heteroatoms. The molecule has 21 heavy (non-hydrogen) atoms. The second-order valence-corrected chi connectivity index (χ2v) is 7.80. The number of carbonyl (C=O) groups excluding carboxylic acids is 1. The van der Waals surface area contributed by atoms with Gasteiger partial charge in [0, 0.05) is 13.1 Å². The molecule has 0 aromatic carbocycles. The van der Waals surface area contributed by atoms with Crippen molar-refractivity contribution < 1.29 is 9.53 Å². The van der Waals surface area contributed by atoms with Crippen LogP contribution in [-0.4, -0.2) is 36.2 Å². The number of hydrogen-bond acceptors (Lipinski definition) is 3. The molecule has 0 aromatic rings. The molecule has 1 amide bonds. The van der Waals surface area contributed by atoms with Gasteiger partial charge in [-0.05, 0) is 45.1 Å². The Morgan fingerprint density at radius 2 is 1.76 bits per heavy atom. The molecule has 1 saturated heterocycles. The zero-order chi connectivity index (χ0) is 15.5. The van der Waals surface area contributed by atoms with Crippen LogP contribution in [0.25, 0.3) is 0 Å². The van der Waals surface area contributed by atoms with Crippen LogP contribution in [0.15, 0.2) is 0 Å². The third kappa shape index (κ3) is 4.60. The molecule has 0 aromatic heterocycles. The summed E-state index contributed by atoms with van der Waals surface area (Å²) < 4.78 is 5.52. The highest BCUT2D eigenvalue weighted by atomic mass is 16.6. The number of hydrogen-bond donors (Lipinski definition) is 1. The smallest absolute Gasteiger partial charge is 0.410 e. The molecule has 2 unspecified atom stereocenters. The number of carbonyl (C=O) groups is 1. The lowest BCUT2D eigenvalue weighted by molar-refractivity contribution is 0.0280. The second kappa shape index (κ2) is 6.99. The first-order valence-electron chi connectivity index (χ1n) is 8.58. The fourth-order valence-electron chi connectivity index (χ4n) is 3.89. The highest BCUT2D eigenvalue weighted by Crippen LogP contribution is 2.37. The van der Waals surface area contributed by atoms with Crippen LogP contribution in [-0.2, 0) is 4.74 Å². The summed E-state index contributed by atoms with van der Waals surface area (Å²) in [5.41, 5.74) is 5.56. The predicted octanol–water partition coefficient (Wildman–Crippen LogP) is 3.40. The molecule has 2 fully saturated rings. The van der Waals surface area contributed by atoms with Gasteiger partial charge in [-0.15, -0.1) is 0 Å². The van der Waals surface area contributed by atoms with E-state index in [2.05, 4.69) is 0 Å². The van der Waals surface area contributed by atoms with E-state index in [1.807, 2.05) is 25.7 Å². The predicted molar refractivity (Wildman–Crippen MR) is 85.0 cm³/mol. The summed E-state index contributed by atoms with van der Waals surface area (Å²) in [5, 5.41) is 0. The van der Waals surface area contributed by atoms with E-state index in [1.54, 1.807) is 0 Å². The third-order valence-corrected chi connectivity index (χ3v) is 4.95. The Morgan fingerprint density at radius 3 is 2.29 bits per heavy atom. The molecule has 1 aliphatic carbocycles. The molecule has 0 spiro atoms. The fraction of sp³-hybridized carbons (Fsp3) is 0.941. The van der Waals surface area contributed by atoms with Gasteiger partial charge in [0.2, 0.25) is 0 Å². The van der Waals surface area contributed by atoms with Gasteiger partial charge in [-0.1, -0.05) is 38.5 Å². The zero-order valence-electron chi connectivity index (χ0n) is 13.9. The first-order chi connectivity index (χ1) is 9.90. The van der Waals surface area contributed by atoms with E-state index in [-0.39, 0.29) is 6.09 Å². The maximum absolute atomic E-state index is 12.3. The molecule has 1 aliphatic heterocycles. The normalized spacial score (nSPS) is 28.5. The van der Waals surface area contributed by atoms with Crippen molar-refractivity contribution in [2.45, 2.75) is 64.9 Å². The Bertz CT molecular complexity index is 343. The SMILES string of the molecule is CC(C)(C)OC(=O)N1CC(CN)C(C2CCCCCC2)C1. The van der Waals surface area contributed by atoms with Gasteiger partial charge in [0.05, 0.1) is 0 Å². The van der Waals surface area contributed by atoms with Gasteiger partial charge in [-0.2, -0.15) is 0 Å². The minimum absolute atomic E-state index is 0.169. The van der Waals surface area contributed by atoms with Crippen molar-refractivity contribution in [3.05, 3.63) is 0 Å². The number of rotatable bonds is 2. The number of nitrogens with two attached hydrogens (primary N) is 1. The van der Waals surface area contributed by atoms with E-state index in [9.17, 15) is 4.79 Å². The lowest BCUT2D eigenvalue weighted by Gasteiger charge is -2.26. The van der Waals surface area contributed by atoms with Crippen molar-refractivity contribution in [1.29, 1.82) is 0 Å². The highest BCUT2D eigenvalue weighted by Gasteiger charge is 2.40. The summed E-state index contributed by atoms with van der Waals surface area (Å²) in [4.78, 5) is 14.2. The topological polar surface area (TPSA) is 55.6 Å². The van der Waals surface area contributed by atoms with Crippen LogP contribution < -0.4 is 5.73 Å². The average molecular weight is 296 g/mol. The standard InChI is InChI=1S/C17H32N2O2/c1-17(2,3)21-16(20)19-11-14(10-18)15(12-19)13-8-6-4-5-7-9-13/h13-15H,4-12,18H2,1-3H3. The van der Waals surface area contributed by atoms with Crippen LogP contribution in [0.2, 0.25) is 0 Å². The van der Waals surface area contributed by atoms with E-state index in [1.165, 1.54) is 38.5 Å². The summed E-state index contributed by atoms with van der Waals surface area (Å²) >= 11 is 0. The average Bonchev–Trinajstić information content (AvgIpc) is 2.64. The van der Waals surface area contributed by atoms with Gasteiger partial charge in [-0.3, -0.25) is 0 Å². The minimum Gasteiger partial charge on any atom is -0.444 e. The molecule has 1 saturated carbocycles. The molecule has 0 bridgehead atoms. The Labute approximate surface area is 129 Å². The Morgan fingerprint density at radius 1 is 1.14 bits per heavy atom. The van der Waals surface area contributed by atoms with Crippen LogP contribution in [0.1, 0.15) is 59.3 Å². The Hall–Kier alpha value is -0.770. The first-order valence-corrected chi connectivity index (χ1v) is 8.58. The number of nitrogens with zero attached hydrogens (tertiary/aromatic N) is 1. The van der Waals surface area contributed by atoms with E-state index >= 15 is 0 Å². The molecule has 2 aliphatic rings. The second-order valence-electron chi connectivity index (χ2n) is 7.80. The van der Waals surface area contributed by atoms with Crippen LogP contribution >= 0.6 is 0 Å². The maximum atomic E-state index is 12.3. The third-order valence-electron chi connectivity index (χ3n) is 4.95. The number of likely N-dealkylation sites (tertiary alicyclic amines) is 1. The number of amides is 1. The molecule has 0 radical (unpaired) electrons. The van der Waals surface area contributed by atoms with Gasteiger partial charge >= 0.3 is 6.09 Å². The van der Waals surface area contributed by atoms with Crippen molar-refractivity contribution in [2.75, 3.05) is 19.6 Å². The summed E-state index contributed by atoms with van der Waals surface area (Å²) in [6.45, 7) is 8.05. The van der Waals surface area contributed by atoms with E-state index in [4.69, 9.17) is 10.5 Å². The maximum Gasteiger partial charge on any atom is 0.410 e. The van der Waals surface area contributed by atoms with Crippen molar-refractivity contribution in [2.24, 2.45) is 23.5 Å². The molecule has 2 rings (SSSR count). The van der Waals surface area contributed by atoms with Crippen molar-refractivity contribution in [3.63, 3.8) is 0 Å². The van der Waals surface area contributed by atoms with Crippen molar-refractivity contribution in [3.8, 4) is 0 Å². The summed E-state index contributed by atoms with van der Waals surface area (Å²) in [5.74, 6) is 1.76. The van der Waals surface area contributed by atoms with Crippen LogP contribution in [0.4, 0.5) is 4.79 Å². The van der Waals surface area contributed by atoms with Crippen molar-refractivity contribution >= 4 is 6.09 Å². The lowest BCUT2D eigenvalue weighted by Crippen LogP contribution is -2.36. The molecule has 4 nitrogen and oxygen atoms in total. The highest BCUT2D eigenvalue weighted by molar-refractivity contribution is 5.68. The van der Waals surface area contributed by atoms with Gasteiger partial charge in [0.25, 0.3) is 0 Å². The van der Waals surface area contributed by atoms with Crippen LogP contribution in [0.5, 0.6) is 0 Å². The molecular weight excluding hydrogens is 264 g/mol. The minimum atomic E-state index is -0.421. The van der Waals surface area contributed by atoms with Gasteiger partial charge in [0.1, 0.15) is 5.60 Å². The van der Waals surface area contributed by atoms with E-state index in [0.29, 0.717) is 18.4 Å².